The van der Waals surface area contributed by atoms with Gasteiger partial charge in [-0.15, -0.1) is 0 Å². The summed E-state index contributed by atoms with van der Waals surface area (Å²) < 4.78 is 9.29. The highest BCUT2D eigenvalue weighted by Crippen LogP contribution is 2.22. The highest BCUT2D eigenvalue weighted by molar-refractivity contribution is 6.08. The summed E-state index contributed by atoms with van der Waals surface area (Å²) in [5.74, 6) is -1.45. The predicted octanol–water partition coefficient (Wildman–Crippen LogP) is 2.37. The fourth-order valence-corrected chi connectivity index (χ4v) is 2.64. The standard InChI is InChI=1S/C19H21NO5/c1-12-8-9-15(14-7-5-4-6-13(12)14)18(22)20-16(19(23)25-3)10-11-17(21)24-2/h4-9,16H,10-11H2,1-3H3,(H,20,22)/t16-/m0/s1. The molecule has 2 aromatic rings. The first-order valence-corrected chi connectivity index (χ1v) is 7.91. The molecule has 25 heavy (non-hydrogen) atoms. The lowest BCUT2D eigenvalue weighted by atomic mass is 9.99. The number of rotatable bonds is 6. The summed E-state index contributed by atoms with van der Waals surface area (Å²) in [6.07, 6.45) is 0.111. The second-order valence-electron chi connectivity index (χ2n) is 5.64. The molecule has 0 radical (unpaired) electrons. The van der Waals surface area contributed by atoms with Gasteiger partial charge in [0.1, 0.15) is 6.04 Å². The molecule has 6 heteroatoms. The van der Waals surface area contributed by atoms with E-state index in [1.165, 1.54) is 14.2 Å². The molecule has 0 aliphatic rings. The molecule has 0 unspecified atom stereocenters. The van der Waals surface area contributed by atoms with Gasteiger partial charge in [-0.3, -0.25) is 9.59 Å². The number of amides is 1. The highest BCUT2D eigenvalue weighted by Gasteiger charge is 2.24. The average Bonchev–Trinajstić information content (AvgIpc) is 2.64. The smallest absolute Gasteiger partial charge is 0.328 e. The van der Waals surface area contributed by atoms with Crippen LogP contribution in [0.1, 0.15) is 28.8 Å². The van der Waals surface area contributed by atoms with E-state index in [0.717, 1.165) is 16.3 Å². The SMILES string of the molecule is COC(=O)CC[C@H](NC(=O)c1ccc(C)c2ccccc12)C(=O)OC. The van der Waals surface area contributed by atoms with Crippen molar-refractivity contribution in [3.8, 4) is 0 Å². The number of hydrogen-bond acceptors (Lipinski definition) is 5. The van der Waals surface area contributed by atoms with Crippen LogP contribution in [0.25, 0.3) is 10.8 Å². The third kappa shape index (κ3) is 4.35. The van der Waals surface area contributed by atoms with Crippen LogP contribution in [0.5, 0.6) is 0 Å². The van der Waals surface area contributed by atoms with Crippen LogP contribution in [0.3, 0.4) is 0 Å². The largest absolute Gasteiger partial charge is 0.469 e. The van der Waals surface area contributed by atoms with Crippen LogP contribution in [0, 0.1) is 6.92 Å². The number of aryl methyl sites for hydroxylation is 1. The molecule has 0 bridgehead atoms. The number of fused-ring (bicyclic) bond motifs is 1. The van der Waals surface area contributed by atoms with Gasteiger partial charge in [-0.25, -0.2) is 4.79 Å². The molecule has 6 nitrogen and oxygen atoms in total. The Labute approximate surface area is 146 Å². The molecule has 0 fully saturated rings. The van der Waals surface area contributed by atoms with Crippen molar-refractivity contribution in [2.24, 2.45) is 0 Å². The van der Waals surface area contributed by atoms with Crippen molar-refractivity contribution < 1.29 is 23.9 Å². The van der Waals surface area contributed by atoms with Crippen LogP contribution >= 0.6 is 0 Å². The third-order valence-electron chi connectivity index (χ3n) is 4.04. The van der Waals surface area contributed by atoms with Crippen molar-refractivity contribution >= 4 is 28.6 Å². The third-order valence-corrected chi connectivity index (χ3v) is 4.04. The maximum Gasteiger partial charge on any atom is 0.328 e. The van der Waals surface area contributed by atoms with Gasteiger partial charge < -0.3 is 14.8 Å². The summed E-state index contributed by atoms with van der Waals surface area (Å²) in [7, 11) is 2.51. The van der Waals surface area contributed by atoms with Crippen LogP contribution in [-0.4, -0.2) is 38.1 Å². The predicted molar refractivity (Wildman–Crippen MR) is 93.2 cm³/mol. The summed E-state index contributed by atoms with van der Waals surface area (Å²) >= 11 is 0. The Morgan fingerprint density at radius 3 is 2.32 bits per heavy atom. The second kappa shape index (κ2) is 8.28. The van der Waals surface area contributed by atoms with E-state index in [4.69, 9.17) is 4.74 Å². The van der Waals surface area contributed by atoms with Crippen LogP contribution < -0.4 is 5.32 Å². The summed E-state index contributed by atoms with van der Waals surface area (Å²) in [4.78, 5) is 35.9. The zero-order valence-electron chi connectivity index (χ0n) is 14.5. The van der Waals surface area contributed by atoms with E-state index in [2.05, 4.69) is 10.1 Å². The van der Waals surface area contributed by atoms with Crippen molar-refractivity contribution in [1.82, 2.24) is 5.32 Å². The maximum absolute atomic E-state index is 12.7. The first kappa shape index (κ1) is 18.4. The molecule has 2 aromatic carbocycles. The molecule has 0 aliphatic heterocycles. The van der Waals surface area contributed by atoms with Crippen molar-refractivity contribution in [3.05, 3.63) is 47.5 Å². The van der Waals surface area contributed by atoms with Crippen molar-refractivity contribution in [3.63, 3.8) is 0 Å². The number of carbonyl (C=O) groups is 3. The van der Waals surface area contributed by atoms with E-state index in [-0.39, 0.29) is 12.8 Å². The van der Waals surface area contributed by atoms with Gasteiger partial charge >= 0.3 is 11.9 Å². The Bertz CT molecular complexity index is 800. The summed E-state index contributed by atoms with van der Waals surface area (Å²) in [6.45, 7) is 1.97. The lowest BCUT2D eigenvalue weighted by Crippen LogP contribution is -2.42. The van der Waals surface area contributed by atoms with E-state index >= 15 is 0 Å². The molecular formula is C19H21NO5. The maximum atomic E-state index is 12.7. The van der Waals surface area contributed by atoms with E-state index in [9.17, 15) is 14.4 Å². The average molecular weight is 343 g/mol. The molecule has 1 atom stereocenters. The van der Waals surface area contributed by atoms with Gasteiger partial charge in [0.05, 0.1) is 14.2 Å². The van der Waals surface area contributed by atoms with Crippen LogP contribution in [0.4, 0.5) is 0 Å². The topological polar surface area (TPSA) is 81.7 Å². The van der Waals surface area contributed by atoms with E-state index < -0.39 is 23.9 Å². The quantitative estimate of drug-likeness (QED) is 0.815. The van der Waals surface area contributed by atoms with Gasteiger partial charge in [0, 0.05) is 12.0 Å². The minimum atomic E-state index is -0.920. The lowest BCUT2D eigenvalue weighted by Gasteiger charge is -2.17. The Kier molecular flexibility index (Phi) is 6.11. The van der Waals surface area contributed by atoms with Gasteiger partial charge in [-0.2, -0.15) is 0 Å². The Balaban J connectivity index is 2.25. The molecular weight excluding hydrogens is 322 g/mol. The number of benzene rings is 2. The number of hydrogen-bond donors (Lipinski definition) is 1. The Morgan fingerprint density at radius 2 is 1.68 bits per heavy atom. The van der Waals surface area contributed by atoms with E-state index in [1.807, 2.05) is 37.3 Å². The Morgan fingerprint density at radius 1 is 1.00 bits per heavy atom. The highest BCUT2D eigenvalue weighted by atomic mass is 16.5. The number of esters is 2. The molecule has 2 rings (SSSR count). The van der Waals surface area contributed by atoms with Gasteiger partial charge in [-0.1, -0.05) is 30.3 Å². The fourth-order valence-electron chi connectivity index (χ4n) is 2.64. The minimum Gasteiger partial charge on any atom is -0.469 e. The van der Waals surface area contributed by atoms with Gasteiger partial charge in [0.25, 0.3) is 5.91 Å². The summed E-state index contributed by atoms with van der Waals surface area (Å²) in [6, 6.07) is 10.2. The van der Waals surface area contributed by atoms with Gasteiger partial charge in [0.15, 0.2) is 0 Å². The van der Waals surface area contributed by atoms with Crippen molar-refractivity contribution in [2.75, 3.05) is 14.2 Å². The van der Waals surface area contributed by atoms with Crippen LogP contribution in [-0.2, 0) is 19.1 Å². The first-order valence-electron chi connectivity index (χ1n) is 7.91. The van der Waals surface area contributed by atoms with Crippen LogP contribution in [0.15, 0.2) is 36.4 Å². The fraction of sp³-hybridized carbons (Fsp3) is 0.316. The van der Waals surface area contributed by atoms with Gasteiger partial charge in [0.2, 0.25) is 0 Å². The zero-order chi connectivity index (χ0) is 18.4. The monoisotopic (exact) mass is 343 g/mol. The zero-order valence-corrected chi connectivity index (χ0v) is 14.5. The van der Waals surface area contributed by atoms with Gasteiger partial charge in [-0.05, 0) is 35.7 Å². The minimum absolute atomic E-state index is 0.00515. The first-order chi connectivity index (χ1) is 12.0. The van der Waals surface area contributed by atoms with E-state index in [1.54, 1.807) is 6.07 Å². The van der Waals surface area contributed by atoms with Crippen LogP contribution in [0.2, 0.25) is 0 Å². The molecule has 1 amide bonds. The molecule has 1 N–H and O–H groups in total. The molecule has 0 heterocycles. The molecule has 0 aliphatic carbocycles. The normalized spacial score (nSPS) is 11.6. The second-order valence-corrected chi connectivity index (χ2v) is 5.64. The molecule has 0 saturated carbocycles. The van der Waals surface area contributed by atoms with E-state index in [0.29, 0.717) is 5.56 Å². The lowest BCUT2D eigenvalue weighted by molar-refractivity contribution is -0.144. The molecule has 0 spiro atoms. The number of methoxy groups -OCH3 is 2. The molecule has 0 aromatic heterocycles. The summed E-state index contributed by atoms with van der Waals surface area (Å²) in [5, 5.41) is 4.43. The number of carbonyl (C=O) groups excluding carboxylic acids is 3. The van der Waals surface area contributed by atoms with Crippen molar-refractivity contribution in [2.45, 2.75) is 25.8 Å². The number of nitrogens with one attached hydrogen (secondary N) is 1. The molecule has 0 saturated heterocycles. The number of ether oxygens (including phenoxy) is 2. The molecule has 132 valence electrons. The van der Waals surface area contributed by atoms with Crippen molar-refractivity contribution in [1.29, 1.82) is 0 Å². The Hall–Kier alpha value is -2.89. The summed E-state index contributed by atoms with van der Waals surface area (Å²) in [5.41, 5.74) is 1.52.